The van der Waals surface area contributed by atoms with Gasteiger partial charge in [-0.05, 0) is 211 Å². The van der Waals surface area contributed by atoms with Crippen LogP contribution in [0.1, 0.15) is 181 Å². The van der Waals surface area contributed by atoms with Crippen molar-refractivity contribution in [3.63, 3.8) is 0 Å². The number of fused-ring (bicyclic) bond motifs is 2. The van der Waals surface area contributed by atoms with Crippen molar-refractivity contribution in [2.24, 2.45) is 70.5 Å². The van der Waals surface area contributed by atoms with E-state index in [0.717, 1.165) is 72.1 Å². The third-order valence-electron chi connectivity index (χ3n) is 18.6. The van der Waals surface area contributed by atoms with E-state index < -0.39 is 0 Å². The summed E-state index contributed by atoms with van der Waals surface area (Å²) >= 11 is 0. The average Bonchev–Trinajstić information content (AvgIpc) is 3.28. The second-order valence-electron chi connectivity index (χ2n) is 21.4. The Morgan fingerprint density at radius 1 is 0.772 bits per heavy atom. The Bertz CT molecular complexity index is 1530. The summed E-state index contributed by atoms with van der Waals surface area (Å²) in [5.74, 6) is 10.5. The van der Waals surface area contributed by atoms with Gasteiger partial charge in [0.1, 0.15) is 0 Å². The first-order valence-corrected chi connectivity index (χ1v) is 25.4. The van der Waals surface area contributed by atoms with Gasteiger partial charge < -0.3 is 5.32 Å². The molecule has 13 atom stereocenters. The molecule has 1 N–H and O–H groups in total. The van der Waals surface area contributed by atoms with E-state index in [0.29, 0.717) is 12.0 Å². The molecule has 0 saturated heterocycles. The molecule has 0 bridgehead atoms. The van der Waals surface area contributed by atoms with Crippen LogP contribution in [0.5, 0.6) is 0 Å². The van der Waals surface area contributed by atoms with Crippen LogP contribution in [-0.4, -0.2) is 12.6 Å². The Balaban J connectivity index is 0.999. The molecule has 0 amide bonds. The summed E-state index contributed by atoms with van der Waals surface area (Å²) < 4.78 is 0. The van der Waals surface area contributed by atoms with Gasteiger partial charge in [0.15, 0.2) is 0 Å². The molecule has 0 aromatic heterocycles. The molecule has 8 aliphatic rings. The van der Waals surface area contributed by atoms with Crippen molar-refractivity contribution in [3.05, 3.63) is 83.6 Å². The van der Waals surface area contributed by atoms with E-state index in [2.05, 4.69) is 87.4 Å². The third kappa shape index (κ3) is 9.25. The molecule has 8 aliphatic carbocycles. The molecule has 0 aliphatic heterocycles. The highest BCUT2D eigenvalue weighted by molar-refractivity contribution is 5.53. The normalized spacial score (nSPS) is 38.7. The summed E-state index contributed by atoms with van der Waals surface area (Å²) in [6.45, 7) is 12.8. The lowest BCUT2D eigenvalue weighted by Gasteiger charge is -2.56. The molecule has 12 unspecified atom stereocenters. The van der Waals surface area contributed by atoms with Gasteiger partial charge in [0.05, 0.1) is 0 Å². The monoisotopic (exact) mass is 772 g/mol. The topological polar surface area (TPSA) is 12.0 Å². The average molecular weight is 772 g/mol. The van der Waals surface area contributed by atoms with Crippen molar-refractivity contribution in [2.75, 3.05) is 6.54 Å². The summed E-state index contributed by atoms with van der Waals surface area (Å²) in [5.41, 5.74) is 6.95. The van der Waals surface area contributed by atoms with Gasteiger partial charge in [0.2, 0.25) is 0 Å². The van der Waals surface area contributed by atoms with Crippen LogP contribution in [0.2, 0.25) is 0 Å². The predicted octanol–water partition coefficient (Wildman–Crippen LogP) is 15.6. The largest absolute Gasteiger partial charge is 0.307 e. The van der Waals surface area contributed by atoms with Gasteiger partial charge in [-0.15, -0.1) is 6.58 Å². The first-order valence-electron chi connectivity index (χ1n) is 25.4. The zero-order valence-electron chi connectivity index (χ0n) is 37.2. The number of hydrogen-bond acceptors (Lipinski definition) is 1. The second kappa shape index (κ2) is 19.7. The summed E-state index contributed by atoms with van der Waals surface area (Å²) in [6, 6.07) is 0.535. The smallest absolute Gasteiger partial charge is 0.0253 e. The first-order chi connectivity index (χ1) is 28.0. The van der Waals surface area contributed by atoms with Crippen LogP contribution < -0.4 is 5.32 Å². The van der Waals surface area contributed by atoms with Crippen LogP contribution in [0.15, 0.2) is 83.6 Å². The van der Waals surface area contributed by atoms with Crippen LogP contribution >= 0.6 is 0 Å². The van der Waals surface area contributed by atoms with Crippen LogP contribution in [0.3, 0.4) is 0 Å². The van der Waals surface area contributed by atoms with Gasteiger partial charge in [-0.2, -0.15) is 0 Å². The van der Waals surface area contributed by atoms with Gasteiger partial charge in [0.25, 0.3) is 0 Å². The molecule has 314 valence electrons. The highest BCUT2D eigenvalue weighted by Crippen LogP contribution is 2.59. The van der Waals surface area contributed by atoms with E-state index in [9.17, 15) is 0 Å². The fraction of sp³-hybridized carbons (Fsp3) is 0.750. The van der Waals surface area contributed by atoms with Gasteiger partial charge in [0, 0.05) is 18.5 Å². The lowest BCUT2D eigenvalue weighted by Crippen LogP contribution is -2.48. The molecule has 0 heterocycles. The van der Waals surface area contributed by atoms with E-state index in [1.807, 2.05) is 0 Å². The van der Waals surface area contributed by atoms with Crippen molar-refractivity contribution >= 4 is 0 Å². The summed E-state index contributed by atoms with van der Waals surface area (Å²) in [5, 5.41) is 4.10. The fourth-order valence-corrected chi connectivity index (χ4v) is 15.4. The molecule has 4 saturated carbocycles. The van der Waals surface area contributed by atoms with Crippen molar-refractivity contribution in [1.29, 1.82) is 0 Å². The van der Waals surface area contributed by atoms with E-state index in [1.165, 1.54) is 116 Å². The summed E-state index contributed by atoms with van der Waals surface area (Å²) in [7, 11) is 0. The maximum absolute atomic E-state index is 4.10. The molecule has 0 radical (unpaired) electrons. The van der Waals surface area contributed by atoms with Crippen LogP contribution in [0, 0.1) is 70.5 Å². The summed E-state index contributed by atoms with van der Waals surface area (Å²) in [6.07, 6.45) is 57.5. The van der Waals surface area contributed by atoms with Gasteiger partial charge in [-0.3, -0.25) is 0 Å². The van der Waals surface area contributed by atoms with E-state index in [1.54, 1.807) is 60.8 Å². The zero-order chi connectivity index (χ0) is 39.2. The molecule has 1 heteroatoms. The Labute approximate surface area is 351 Å². The quantitative estimate of drug-likeness (QED) is 0.173. The van der Waals surface area contributed by atoms with Gasteiger partial charge in [-0.1, -0.05) is 112 Å². The minimum atomic E-state index is 0.227. The molecule has 57 heavy (non-hydrogen) atoms. The van der Waals surface area contributed by atoms with E-state index in [-0.39, 0.29) is 5.41 Å². The lowest BCUT2D eigenvalue weighted by atomic mass is 9.49. The SMILES string of the molecule is C=CCCC(C)(CC)C1=CCC(/C(=C/CC(C)C2CCC([C@H]3CCC(C4CC=CCC4)C4CCCCC43)C3CCCCC23)CNC2C=CCCC2)C2=C1C=CCC2. The van der Waals surface area contributed by atoms with Gasteiger partial charge >= 0.3 is 0 Å². The highest BCUT2D eigenvalue weighted by atomic mass is 14.9. The van der Waals surface area contributed by atoms with Crippen molar-refractivity contribution in [3.8, 4) is 0 Å². The molecule has 0 spiro atoms. The third-order valence-corrected chi connectivity index (χ3v) is 18.6. The molecule has 0 aromatic rings. The second-order valence-corrected chi connectivity index (χ2v) is 21.4. The maximum Gasteiger partial charge on any atom is 0.0253 e. The minimum Gasteiger partial charge on any atom is -0.307 e. The number of rotatable bonds is 14. The Kier molecular flexibility index (Phi) is 14.5. The Morgan fingerprint density at radius 3 is 2.21 bits per heavy atom. The van der Waals surface area contributed by atoms with Crippen molar-refractivity contribution < 1.29 is 0 Å². The fourth-order valence-electron chi connectivity index (χ4n) is 15.4. The van der Waals surface area contributed by atoms with Crippen LogP contribution in [-0.2, 0) is 0 Å². The van der Waals surface area contributed by atoms with Gasteiger partial charge in [-0.25, -0.2) is 0 Å². The Hall–Kier alpha value is -1.86. The first kappa shape index (κ1) is 41.9. The van der Waals surface area contributed by atoms with Crippen LogP contribution in [0.25, 0.3) is 0 Å². The van der Waals surface area contributed by atoms with Crippen molar-refractivity contribution in [2.45, 2.75) is 187 Å². The molecular weight excluding hydrogens is 687 g/mol. The lowest BCUT2D eigenvalue weighted by molar-refractivity contribution is -0.0643. The van der Waals surface area contributed by atoms with E-state index >= 15 is 0 Å². The Morgan fingerprint density at radius 2 is 1.49 bits per heavy atom. The molecule has 8 rings (SSSR count). The predicted molar refractivity (Wildman–Crippen MR) is 246 cm³/mol. The molecule has 0 aromatic carbocycles. The number of allylic oxidation sites excluding steroid dienone is 11. The summed E-state index contributed by atoms with van der Waals surface area (Å²) in [4.78, 5) is 0. The molecular formula is C56H85N. The maximum atomic E-state index is 4.10. The standard InChI is InChI=1S/C56H85N/c1-5-7-38-56(4,6-2)55-37-36-46(49-26-18-19-29-54(49)55)42(39-57-43-22-12-9-13-23-43)31-30-40(3)44-32-34-52(50-27-16-14-24-47(44)50)53-35-33-45(41-20-10-8-11-21-41)48-25-15-17-28-51(48)53/h5,8,10,12,19,22,29,31,37,40-41,43-48,50-53,57H,1,6-7,9,11,13-18,20-21,23-28,30,32-36,38-39H2,2-4H3/b42-31+/t40?,41?,43?,44?,45?,46?,47?,48?,50?,51?,52?,53-,56?/m0/s1. The number of hydrogen-bond donors (Lipinski definition) is 1. The zero-order valence-corrected chi connectivity index (χ0v) is 37.2. The molecule has 1 nitrogen and oxygen atoms in total. The minimum absolute atomic E-state index is 0.227. The van der Waals surface area contributed by atoms with Crippen molar-refractivity contribution in [1.82, 2.24) is 5.32 Å². The molecule has 4 fully saturated rings. The number of nitrogens with one attached hydrogen (secondary N) is 1. The highest BCUT2D eigenvalue weighted by Gasteiger charge is 2.50. The van der Waals surface area contributed by atoms with Crippen LogP contribution in [0.4, 0.5) is 0 Å². The van der Waals surface area contributed by atoms with E-state index in [4.69, 9.17) is 0 Å².